The molecule has 0 bridgehead atoms. The van der Waals surface area contributed by atoms with Crippen LogP contribution in [0.3, 0.4) is 0 Å². The number of halogens is 1. The minimum atomic E-state index is -0.390. The van der Waals surface area contributed by atoms with Gasteiger partial charge in [-0.25, -0.2) is 0 Å². The van der Waals surface area contributed by atoms with Crippen LogP contribution in [0.2, 0.25) is 0 Å². The van der Waals surface area contributed by atoms with E-state index in [1.54, 1.807) is 12.3 Å². The minimum Gasteiger partial charge on any atom is -0.387 e. The second-order valence-corrected chi connectivity index (χ2v) is 1.77. The third-order valence-electron chi connectivity index (χ3n) is 1.08. The third kappa shape index (κ3) is 2.11. The maximum atomic E-state index is 10.4. The molecule has 0 spiro atoms. The first-order chi connectivity index (χ1) is 4.30. The summed E-state index contributed by atoms with van der Waals surface area (Å²) in [5.74, 6) is -0.390. The molecule has 0 atom stereocenters. The highest BCUT2D eigenvalue weighted by molar-refractivity contribution is 5.94. The van der Waals surface area contributed by atoms with Gasteiger partial charge in [0.1, 0.15) is 0 Å². The van der Waals surface area contributed by atoms with Gasteiger partial charge >= 0.3 is 0 Å². The molecule has 4 heteroatoms. The lowest BCUT2D eigenvalue weighted by Crippen LogP contribution is -2.19. The van der Waals surface area contributed by atoms with Gasteiger partial charge in [-0.1, -0.05) is 12.2 Å². The smallest absolute Gasteiger partial charge is 0.250 e. The van der Waals surface area contributed by atoms with Gasteiger partial charge in [-0.05, 0) is 0 Å². The SMILES string of the molecule is Cl.NC(=O)C1=CNCC=C1. The van der Waals surface area contributed by atoms with E-state index in [1.165, 1.54) is 0 Å². The lowest BCUT2D eigenvalue weighted by molar-refractivity contribution is -0.114. The molecule has 0 aromatic carbocycles. The fourth-order valence-electron chi connectivity index (χ4n) is 0.624. The van der Waals surface area contributed by atoms with E-state index >= 15 is 0 Å². The van der Waals surface area contributed by atoms with Crippen LogP contribution in [0.5, 0.6) is 0 Å². The summed E-state index contributed by atoms with van der Waals surface area (Å²) >= 11 is 0. The van der Waals surface area contributed by atoms with Gasteiger partial charge in [0.25, 0.3) is 0 Å². The molecule has 1 heterocycles. The summed E-state index contributed by atoms with van der Waals surface area (Å²) in [6.07, 6.45) is 5.17. The monoisotopic (exact) mass is 160 g/mol. The first kappa shape index (κ1) is 9.04. The molecule has 0 fully saturated rings. The fourth-order valence-corrected chi connectivity index (χ4v) is 0.624. The van der Waals surface area contributed by atoms with E-state index in [2.05, 4.69) is 5.32 Å². The number of rotatable bonds is 1. The standard InChI is InChI=1S/C6H8N2O.ClH/c7-6(9)5-2-1-3-8-4-5;/h1-2,4,8H,3H2,(H2,7,9);1H. The fraction of sp³-hybridized carbons (Fsp3) is 0.167. The number of nitrogens with one attached hydrogen (secondary N) is 1. The molecular formula is C6H9ClN2O. The molecule has 56 valence electrons. The molecule has 0 aliphatic carbocycles. The van der Waals surface area contributed by atoms with Gasteiger partial charge in [-0.2, -0.15) is 0 Å². The molecule has 3 nitrogen and oxygen atoms in total. The van der Waals surface area contributed by atoms with Gasteiger partial charge in [0.2, 0.25) is 5.91 Å². The van der Waals surface area contributed by atoms with E-state index in [0.29, 0.717) is 5.57 Å². The topological polar surface area (TPSA) is 55.1 Å². The van der Waals surface area contributed by atoms with Crippen LogP contribution < -0.4 is 11.1 Å². The Balaban J connectivity index is 0.000000810. The van der Waals surface area contributed by atoms with Crippen molar-refractivity contribution < 1.29 is 4.79 Å². The summed E-state index contributed by atoms with van der Waals surface area (Å²) in [5, 5.41) is 2.87. The summed E-state index contributed by atoms with van der Waals surface area (Å²) in [5.41, 5.74) is 5.50. The number of primary amides is 1. The molecule has 1 aliphatic rings. The normalized spacial score (nSPS) is 14.6. The summed E-state index contributed by atoms with van der Waals surface area (Å²) in [6.45, 7) is 0.775. The van der Waals surface area contributed by atoms with Crippen molar-refractivity contribution in [1.82, 2.24) is 5.32 Å². The average Bonchev–Trinajstić information content (AvgIpc) is 1.90. The first-order valence-electron chi connectivity index (χ1n) is 2.70. The summed E-state index contributed by atoms with van der Waals surface area (Å²) in [4.78, 5) is 10.4. The Morgan fingerprint density at radius 2 is 2.40 bits per heavy atom. The molecule has 1 aliphatic heterocycles. The van der Waals surface area contributed by atoms with Crippen molar-refractivity contribution in [3.8, 4) is 0 Å². The van der Waals surface area contributed by atoms with Crippen LogP contribution in [0, 0.1) is 0 Å². The second-order valence-electron chi connectivity index (χ2n) is 1.77. The van der Waals surface area contributed by atoms with Crippen LogP contribution in [-0.2, 0) is 4.79 Å². The zero-order chi connectivity index (χ0) is 6.69. The van der Waals surface area contributed by atoms with Crippen molar-refractivity contribution in [1.29, 1.82) is 0 Å². The maximum Gasteiger partial charge on any atom is 0.250 e. The maximum absolute atomic E-state index is 10.4. The first-order valence-corrected chi connectivity index (χ1v) is 2.70. The molecule has 10 heavy (non-hydrogen) atoms. The van der Waals surface area contributed by atoms with Crippen LogP contribution in [-0.4, -0.2) is 12.5 Å². The highest BCUT2D eigenvalue weighted by Crippen LogP contribution is 1.96. The second kappa shape index (κ2) is 3.95. The van der Waals surface area contributed by atoms with Crippen LogP contribution in [0.25, 0.3) is 0 Å². The van der Waals surface area contributed by atoms with Crippen molar-refractivity contribution in [2.24, 2.45) is 5.73 Å². The Hall–Kier alpha value is -0.960. The Bertz CT molecular complexity index is 186. The van der Waals surface area contributed by atoms with E-state index in [9.17, 15) is 4.79 Å². The van der Waals surface area contributed by atoms with Crippen LogP contribution in [0.4, 0.5) is 0 Å². The molecule has 1 rings (SSSR count). The van der Waals surface area contributed by atoms with Crippen molar-refractivity contribution in [2.75, 3.05) is 6.54 Å². The predicted octanol–water partition coefficient (Wildman–Crippen LogP) is -0.0632. The Morgan fingerprint density at radius 1 is 1.70 bits per heavy atom. The van der Waals surface area contributed by atoms with Crippen molar-refractivity contribution in [3.05, 3.63) is 23.9 Å². The lowest BCUT2D eigenvalue weighted by Gasteiger charge is -2.03. The van der Waals surface area contributed by atoms with Crippen LogP contribution >= 0.6 is 12.4 Å². The largest absolute Gasteiger partial charge is 0.387 e. The molecule has 0 radical (unpaired) electrons. The molecule has 0 saturated heterocycles. The average molecular weight is 161 g/mol. The van der Waals surface area contributed by atoms with E-state index in [1.807, 2.05) is 6.08 Å². The molecule has 0 saturated carbocycles. The number of carbonyl (C=O) groups is 1. The molecule has 0 aromatic rings. The highest BCUT2D eigenvalue weighted by atomic mass is 35.5. The molecule has 0 unspecified atom stereocenters. The predicted molar refractivity (Wildman–Crippen MR) is 41.7 cm³/mol. The Labute approximate surface area is 65.4 Å². The van der Waals surface area contributed by atoms with Crippen LogP contribution in [0.15, 0.2) is 23.9 Å². The van der Waals surface area contributed by atoms with Gasteiger partial charge in [-0.3, -0.25) is 4.79 Å². The zero-order valence-electron chi connectivity index (χ0n) is 5.33. The Kier molecular flexibility index (Phi) is 3.57. The van der Waals surface area contributed by atoms with Gasteiger partial charge in [0.15, 0.2) is 0 Å². The van der Waals surface area contributed by atoms with Gasteiger partial charge in [-0.15, -0.1) is 12.4 Å². The van der Waals surface area contributed by atoms with E-state index < -0.39 is 5.91 Å². The van der Waals surface area contributed by atoms with Crippen molar-refractivity contribution in [2.45, 2.75) is 0 Å². The highest BCUT2D eigenvalue weighted by Gasteiger charge is 2.00. The number of hydrogen-bond acceptors (Lipinski definition) is 2. The van der Waals surface area contributed by atoms with E-state index in [-0.39, 0.29) is 12.4 Å². The lowest BCUT2D eigenvalue weighted by atomic mass is 10.2. The number of nitrogens with two attached hydrogens (primary N) is 1. The quantitative estimate of drug-likeness (QED) is 0.565. The summed E-state index contributed by atoms with van der Waals surface area (Å²) < 4.78 is 0. The molecule has 0 aromatic heterocycles. The summed E-state index contributed by atoms with van der Waals surface area (Å²) in [7, 11) is 0. The van der Waals surface area contributed by atoms with Gasteiger partial charge in [0.05, 0.1) is 5.57 Å². The summed E-state index contributed by atoms with van der Waals surface area (Å²) in [6, 6.07) is 0. The zero-order valence-corrected chi connectivity index (χ0v) is 6.15. The number of amides is 1. The van der Waals surface area contributed by atoms with E-state index in [4.69, 9.17) is 5.73 Å². The van der Waals surface area contributed by atoms with Crippen molar-refractivity contribution in [3.63, 3.8) is 0 Å². The molecule has 1 amide bonds. The van der Waals surface area contributed by atoms with Crippen molar-refractivity contribution >= 4 is 18.3 Å². The minimum absolute atomic E-state index is 0. The number of hydrogen-bond donors (Lipinski definition) is 2. The van der Waals surface area contributed by atoms with E-state index in [0.717, 1.165) is 6.54 Å². The number of carbonyl (C=O) groups excluding carboxylic acids is 1. The van der Waals surface area contributed by atoms with Gasteiger partial charge < -0.3 is 11.1 Å². The Morgan fingerprint density at radius 3 is 2.70 bits per heavy atom. The van der Waals surface area contributed by atoms with Crippen LogP contribution in [0.1, 0.15) is 0 Å². The number of dihydropyridines is 1. The van der Waals surface area contributed by atoms with Gasteiger partial charge in [0, 0.05) is 12.7 Å². The third-order valence-corrected chi connectivity index (χ3v) is 1.08. The molecule has 3 N–H and O–H groups in total. The molecular weight excluding hydrogens is 152 g/mol.